The topological polar surface area (TPSA) is 102 Å². The van der Waals surface area contributed by atoms with Gasteiger partial charge < -0.3 is 14.8 Å². The van der Waals surface area contributed by atoms with Gasteiger partial charge in [-0.15, -0.1) is 11.3 Å². The second kappa shape index (κ2) is 9.38. The van der Waals surface area contributed by atoms with E-state index in [1.54, 1.807) is 41.3 Å². The van der Waals surface area contributed by atoms with Gasteiger partial charge in [-0.3, -0.25) is 14.4 Å². The lowest BCUT2D eigenvalue weighted by Crippen LogP contribution is -2.40. The second-order valence-electron chi connectivity index (χ2n) is 9.32. The van der Waals surface area contributed by atoms with Crippen molar-refractivity contribution < 1.29 is 9.59 Å². The third-order valence-electron chi connectivity index (χ3n) is 6.74. The number of aryl methyl sites for hydroxylation is 2. The van der Waals surface area contributed by atoms with Gasteiger partial charge in [0, 0.05) is 47.9 Å². The highest BCUT2D eigenvalue weighted by Gasteiger charge is 2.42. The summed E-state index contributed by atoms with van der Waals surface area (Å²) in [4.78, 5) is 45.1. The first-order valence-corrected chi connectivity index (χ1v) is 13.0. The Kier molecular flexibility index (Phi) is 5.88. The van der Waals surface area contributed by atoms with Gasteiger partial charge in [-0.1, -0.05) is 30.3 Å². The maximum absolute atomic E-state index is 13.4. The molecular formula is C28H24N6O3S. The lowest BCUT2D eigenvalue weighted by Gasteiger charge is -2.29. The summed E-state index contributed by atoms with van der Waals surface area (Å²) in [5.41, 5.74) is 3.16. The highest BCUT2D eigenvalue weighted by Crippen LogP contribution is 2.38. The van der Waals surface area contributed by atoms with E-state index >= 15 is 0 Å². The van der Waals surface area contributed by atoms with Crippen molar-refractivity contribution in [3.05, 3.63) is 105 Å². The quantitative estimate of drug-likeness (QED) is 0.377. The Hall–Kier alpha value is -4.57. The fraction of sp³-hybridized carbons (Fsp3) is 0.179. The largest absolute Gasteiger partial charge is 0.344 e. The van der Waals surface area contributed by atoms with Crippen LogP contribution in [0.15, 0.2) is 84.0 Å². The van der Waals surface area contributed by atoms with Crippen molar-refractivity contribution in [3.8, 4) is 5.69 Å². The number of pyridine rings is 1. The molecule has 1 N–H and O–H groups in total. The van der Waals surface area contributed by atoms with Crippen LogP contribution in [0.3, 0.4) is 0 Å². The van der Waals surface area contributed by atoms with E-state index < -0.39 is 6.04 Å². The molecule has 1 aliphatic rings. The zero-order chi connectivity index (χ0) is 26.4. The monoisotopic (exact) mass is 524 g/mol. The van der Waals surface area contributed by atoms with E-state index in [1.165, 1.54) is 22.0 Å². The Labute approximate surface area is 222 Å². The summed E-state index contributed by atoms with van der Waals surface area (Å²) in [6.07, 6.45) is 5.32. The molecule has 0 unspecified atom stereocenters. The number of hydrogen-bond donors (Lipinski definition) is 1. The van der Waals surface area contributed by atoms with Gasteiger partial charge in [-0.2, -0.15) is 5.10 Å². The number of amides is 2. The summed E-state index contributed by atoms with van der Waals surface area (Å²) in [5.74, 6) is -0.359. The van der Waals surface area contributed by atoms with Crippen molar-refractivity contribution in [2.24, 2.45) is 7.05 Å². The number of thiazole rings is 1. The molecule has 190 valence electrons. The van der Waals surface area contributed by atoms with E-state index in [1.807, 2.05) is 55.5 Å². The average molecular weight is 525 g/mol. The Morgan fingerprint density at radius 1 is 1.03 bits per heavy atom. The molecule has 2 amide bonds. The lowest BCUT2D eigenvalue weighted by molar-refractivity contribution is -0.117. The van der Waals surface area contributed by atoms with Crippen LogP contribution >= 0.6 is 11.3 Å². The van der Waals surface area contributed by atoms with Crippen LogP contribution in [0.25, 0.3) is 16.6 Å². The van der Waals surface area contributed by atoms with E-state index in [9.17, 15) is 14.4 Å². The molecule has 0 spiro atoms. The zero-order valence-electron chi connectivity index (χ0n) is 20.7. The summed E-state index contributed by atoms with van der Waals surface area (Å²) >= 11 is 1.33. The first-order chi connectivity index (χ1) is 18.4. The van der Waals surface area contributed by atoms with Crippen LogP contribution in [-0.2, 0) is 11.8 Å². The average Bonchev–Trinajstić information content (AvgIpc) is 3.62. The molecule has 0 radical (unpaired) electrons. The van der Waals surface area contributed by atoms with Crippen LogP contribution in [-0.4, -0.2) is 37.2 Å². The normalized spacial score (nSPS) is 17.3. The molecule has 1 aliphatic heterocycles. The van der Waals surface area contributed by atoms with Crippen LogP contribution in [0, 0.1) is 6.92 Å². The van der Waals surface area contributed by atoms with Crippen LogP contribution < -0.4 is 15.8 Å². The highest BCUT2D eigenvalue weighted by molar-refractivity contribution is 7.13. The Bertz CT molecular complexity index is 1740. The fourth-order valence-electron chi connectivity index (χ4n) is 4.97. The fourth-order valence-corrected chi connectivity index (χ4v) is 5.64. The first kappa shape index (κ1) is 23.8. The van der Waals surface area contributed by atoms with Crippen molar-refractivity contribution in [2.75, 3.05) is 4.90 Å². The van der Waals surface area contributed by atoms with Crippen molar-refractivity contribution in [1.29, 1.82) is 0 Å². The molecule has 1 saturated heterocycles. The molecule has 0 saturated carbocycles. The van der Waals surface area contributed by atoms with Crippen LogP contribution in [0.2, 0.25) is 0 Å². The van der Waals surface area contributed by atoms with E-state index in [2.05, 4.69) is 15.4 Å². The predicted molar refractivity (Wildman–Crippen MR) is 146 cm³/mol. The summed E-state index contributed by atoms with van der Waals surface area (Å²) in [6.45, 7) is 1.90. The molecule has 1 fully saturated rings. The molecular weight excluding hydrogens is 500 g/mol. The molecule has 38 heavy (non-hydrogen) atoms. The van der Waals surface area contributed by atoms with Gasteiger partial charge in [-0.05, 0) is 36.8 Å². The van der Waals surface area contributed by atoms with Gasteiger partial charge in [0.25, 0.3) is 5.91 Å². The molecule has 2 aromatic carbocycles. The lowest BCUT2D eigenvalue weighted by atomic mass is 9.99. The molecule has 4 heterocycles. The van der Waals surface area contributed by atoms with Crippen molar-refractivity contribution in [1.82, 2.24) is 24.6 Å². The number of nitrogens with one attached hydrogen (secondary N) is 1. The van der Waals surface area contributed by atoms with E-state index in [0.29, 0.717) is 5.01 Å². The Balaban J connectivity index is 1.37. The standard InChI is InChI=1S/C28H24N6O3S/c1-17-14-29-28(38-17)27(37)31-22-13-25(36)33(26(22)18-6-4-3-5-7-18)20-8-10-23-19(12-20)15-30-34(23)21-9-11-24(35)32(2)16-21/h3-12,14-16,22,26H,13H2,1-2H3,(H,31,37)/t22-,26+/m0/s1. The number of hydrogen-bond acceptors (Lipinski definition) is 6. The smallest absolute Gasteiger partial charge is 0.280 e. The van der Waals surface area contributed by atoms with Gasteiger partial charge >= 0.3 is 0 Å². The van der Waals surface area contributed by atoms with Gasteiger partial charge in [0.1, 0.15) is 0 Å². The van der Waals surface area contributed by atoms with Crippen LogP contribution in [0.4, 0.5) is 5.69 Å². The third-order valence-corrected chi connectivity index (χ3v) is 7.65. The minimum absolute atomic E-state index is 0.0794. The predicted octanol–water partition coefficient (Wildman–Crippen LogP) is 3.77. The zero-order valence-corrected chi connectivity index (χ0v) is 21.6. The van der Waals surface area contributed by atoms with Crippen molar-refractivity contribution in [3.63, 3.8) is 0 Å². The summed E-state index contributed by atoms with van der Waals surface area (Å²) in [7, 11) is 1.70. The maximum atomic E-state index is 13.4. The number of carbonyl (C=O) groups is 2. The molecule has 9 nitrogen and oxygen atoms in total. The van der Waals surface area contributed by atoms with E-state index in [0.717, 1.165) is 32.7 Å². The number of aromatic nitrogens is 4. The molecule has 3 aromatic heterocycles. The molecule has 10 heteroatoms. The third kappa shape index (κ3) is 4.18. The van der Waals surface area contributed by atoms with Crippen LogP contribution in [0.1, 0.15) is 32.7 Å². The molecule has 0 aliphatic carbocycles. The van der Waals surface area contributed by atoms with Gasteiger partial charge in [0.05, 0.1) is 29.5 Å². The Morgan fingerprint density at radius 3 is 2.55 bits per heavy atom. The summed E-state index contributed by atoms with van der Waals surface area (Å²) < 4.78 is 3.27. The SMILES string of the molecule is Cc1cnc(C(=O)N[C@H]2CC(=O)N(c3ccc4c(cnn4-c4ccc(=O)n(C)c4)c3)[C@@H]2c2ccccc2)s1. The molecule has 5 aromatic rings. The van der Waals surface area contributed by atoms with Gasteiger partial charge in [0.2, 0.25) is 11.5 Å². The summed E-state index contributed by atoms with van der Waals surface area (Å²) in [6, 6.07) is 17.9. The maximum Gasteiger partial charge on any atom is 0.280 e. The summed E-state index contributed by atoms with van der Waals surface area (Å²) in [5, 5.41) is 8.82. The van der Waals surface area contributed by atoms with Gasteiger partial charge in [-0.25, -0.2) is 9.67 Å². The Morgan fingerprint density at radius 2 is 1.82 bits per heavy atom. The minimum atomic E-state index is -0.425. The van der Waals surface area contributed by atoms with E-state index in [-0.39, 0.29) is 29.8 Å². The number of fused-ring (bicyclic) bond motifs is 1. The number of benzene rings is 2. The minimum Gasteiger partial charge on any atom is -0.344 e. The highest BCUT2D eigenvalue weighted by atomic mass is 32.1. The molecule has 6 rings (SSSR count). The number of rotatable bonds is 5. The van der Waals surface area contributed by atoms with E-state index in [4.69, 9.17) is 0 Å². The second-order valence-corrected chi connectivity index (χ2v) is 10.6. The van der Waals surface area contributed by atoms with Gasteiger partial charge in [0.15, 0.2) is 5.01 Å². The van der Waals surface area contributed by atoms with Crippen molar-refractivity contribution >= 4 is 39.7 Å². The molecule has 0 bridgehead atoms. The first-order valence-electron chi connectivity index (χ1n) is 12.1. The number of nitrogens with zero attached hydrogens (tertiary/aromatic N) is 5. The number of anilines is 1. The van der Waals surface area contributed by atoms with Crippen LogP contribution in [0.5, 0.6) is 0 Å². The van der Waals surface area contributed by atoms with Crippen molar-refractivity contribution in [2.45, 2.75) is 25.4 Å². The molecule has 2 atom stereocenters. The number of carbonyl (C=O) groups excluding carboxylic acids is 2.